The Morgan fingerprint density at radius 1 is 0.968 bits per heavy atom. The molecule has 2 aromatic carbocycles. The molecule has 0 spiro atoms. The van der Waals surface area contributed by atoms with Crippen LogP contribution >= 0.6 is 0 Å². The van der Waals surface area contributed by atoms with Gasteiger partial charge in [0, 0.05) is 5.69 Å². The molecule has 2 amide bonds. The molecule has 0 aromatic heterocycles. The van der Waals surface area contributed by atoms with Crippen LogP contribution in [0.1, 0.15) is 37.5 Å². The first-order valence-electron chi connectivity index (χ1n) is 10.6. The Hall–Kier alpha value is -3.12. The van der Waals surface area contributed by atoms with E-state index in [-0.39, 0.29) is 30.2 Å². The number of hydrogen-bond donors (Lipinski definition) is 1. The van der Waals surface area contributed by atoms with Crippen LogP contribution in [0.15, 0.2) is 48.2 Å². The molecule has 0 aliphatic carbocycles. The van der Waals surface area contributed by atoms with Gasteiger partial charge in [0.1, 0.15) is 11.4 Å². The second-order valence-corrected chi connectivity index (χ2v) is 7.89. The molecule has 2 aromatic rings. The molecule has 0 bridgehead atoms. The van der Waals surface area contributed by atoms with Crippen molar-refractivity contribution < 1.29 is 19.1 Å². The number of amides is 2. The van der Waals surface area contributed by atoms with Gasteiger partial charge in [-0.05, 0) is 75.6 Å². The number of hydrogen-bond acceptors (Lipinski definition) is 5. The molecule has 1 N–H and O–H groups in total. The van der Waals surface area contributed by atoms with Crippen LogP contribution in [0.2, 0.25) is 0 Å². The summed E-state index contributed by atoms with van der Waals surface area (Å²) in [4.78, 5) is 27.7. The monoisotopic (exact) mass is 422 g/mol. The zero-order valence-electron chi connectivity index (χ0n) is 18.8. The van der Waals surface area contributed by atoms with Crippen LogP contribution in [0.5, 0.6) is 5.75 Å². The van der Waals surface area contributed by atoms with Crippen molar-refractivity contribution >= 4 is 23.1 Å². The summed E-state index contributed by atoms with van der Waals surface area (Å²) in [5, 5.41) is 3.22. The minimum atomic E-state index is -0.347. The smallest absolute Gasteiger partial charge is 0.278 e. The lowest BCUT2D eigenvalue weighted by molar-refractivity contribution is -0.137. The quantitative estimate of drug-likeness (QED) is 0.610. The van der Waals surface area contributed by atoms with E-state index in [2.05, 4.69) is 11.4 Å². The van der Waals surface area contributed by atoms with Gasteiger partial charge in [0.15, 0.2) is 0 Å². The van der Waals surface area contributed by atoms with E-state index < -0.39 is 0 Å². The van der Waals surface area contributed by atoms with E-state index in [4.69, 9.17) is 9.47 Å². The molecule has 0 fully saturated rings. The highest BCUT2D eigenvalue weighted by atomic mass is 16.5. The number of aryl methyl sites for hydroxylation is 2. The topological polar surface area (TPSA) is 67.9 Å². The summed E-state index contributed by atoms with van der Waals surface area (Å²) in [5.41, 5.74) is 4.23. The Morgan fingerprint density at radius 3 is 2.19 bits per heavy atom. The van der Waals surface area contributed by atoms with Gasteiger partial charge in [0.25, 0.3) is 11.8 Å². The van der Waals surface area contributed by atoms with E-state index in [9.17, 15) is 9.59 Å². The molecule has 6 nitrogen and oxygen atoms in total. The number of carbonyl (C=O) groups is 2. The minimum Gasteiger partial charge on any atom is -0.494 e. The maximum atomic E-state index is 13.3. The predicted octanol–water partition coefficient (Wildman–Crippen LogP) is 4.32. The van der Waals surface area contributed by atoms with Crippen molar-refractivity contribution in [1.82, 2.24) is 4.90 Å². The number of benzene rings is 2. The van der Waals surface area contributed by atoms with Crippen LogP contribution in [-0.2, 0) is 14.3 Å². The third kappa shape index (κ3) is 5.33. The first kappa shape index (κ1) is 22.6. The maximum Gasteiger partial charge on any atom is 0.278 e. The minimum absolute atomic E-state index is 0.0270. The molecule has 31 heavy (non-hydrogen) atoms. The number of imide groups is 1. The van der Waals surface area contributed by atoms with E-state index >= 15 is 0 Å². The number of nitrogens with one attached hydrogen (secondary N) is 1. The van der Waals surface area contributed by atoms with E-state index in [0.29, 0.717) is 24.4 Å². The van der Waals surface area contributed by atoms with Gasteiger partial charge >= 0.3 is 0 Å². The average Bonchev–Trinajstić information content (AvgIpc) is 2.92. The normalized spacial score (nSPS) is 14.1. The Balaban J connectivity index is 1.97. The number of anilines is 1. The fourth-order valence-electron chi connectivity index (χ4n) is 3.62. The number of carbonyl (C=O) groups excluding carboxylic acids is 2. The zero-order valence-corrected chi connectivity index (χ0v) is 18.8. The van der Waals surface area contributed by atoms with E-state index in [1.54, 1.807) is 0 Å². The molecular formula is C25H30N2O4. The molecule has 0 saturated heterocycles. The Morgan fingerprint density at radius 2 is 1.61 bits per heavy atom. The molecule has 0 atom stereocenters. The van der Waals surface area contributed by atoms with E-state index in [1.807, 2.05) is 71.0 Å². The van der Waals surface area contributed by atoms with Crippen LogP contribution in [-0.4, -0.2) is 42.6 Å². The van der Waals surface area contributed by atoms with Crippen LogP contribution in [0.4, 0.5) is 5.69 Å². The molecule has 0 saturated carbocycles. The summed E-state index contributed by atoms with van der Waals surface area (Å²) in [6.45, 7) is 10.8. The molecule has 6 heteroatoms. The Kier molecular flexibility index (Phi) is 7.13. The van der Waals surface area contributed by atoms with Crippen molar-refractivity contribution in [3.63, 3.8) is 0 Å². The summed E-state index contributed by atoms with van der Waals surface area (Å²) >= 11 is 0. The molecule has 1 aliphatic heterocycles. The van der Waals surface area contributed by atoms with Gasteiger partial charge in [-0.1, -0.05) is 18.2 Å². The second-order valence-electron chi connectivity index (χ2n) is 7.89. The third-order valence-corrected chi connectivity index (χ3v) is 4.88. The van der Waals surface area contributed by atoms with Crippen molar-refractivity contribution in [2.45, 2.75) is 40.7 Å². The van der Waals surface area contributed by atoms with Gasteiger partial charge in [-0.25, -0.2) is 0 Å². The van der Waals surface area contributed by atoms with Gasteiger partial charge in [-0.15, -0.1) is 0 Å². The zero-order chi connectivity index (χ0) is 22.5. The predicted molar refractivity (Wildman–Crippen MR) is 122 cm³/mol. The van der Waals surface area contributed by atoms with Gasteiger partial charge in [0.2, 0.25) is 0 Å². The average molecular weight is 423 g/mol. The van der Waals surface area contributed by atoms with E-state index in [0.717, 1.165) is 22.6 Å². The third-order valence-electron chi connectivity index (χ3n) is 4.88. The maximum absolute atomic E-state index is 13.3. The fraction of sp³-hybridized carbons (Fsp3) is 0.360. The highest BCUT2D eigenvalue weighted by molar-refractivity contribution is 6.36. The standard InChI is InChI=1S/C25H30N2O4/c1-6-30-21-9-7-19(8-10-21)22-23(26-20-14-17(4)13-18(5)15-20)25(29)27(24(22)28)11-12-31-16(2)3/h7-10,13-16,26H,6,11-12H2,1-5H3. The van der Waals surface area contributed by atoms with Crippen molar-refractivity contribution in [1.29, 1.82) is 0 Å². The Bertz CT molecular complexity index is 973. The molecule has 164 valence electrons. The first-order valence-corrected chi connectivity index (χ1v) is 10.6. The van der Waals surface area contributed by atoms with Crippen molar-refractivity contribution in [3.8, 4) is 5.75 Å². The first-order chi connectivity index (χ1) is 14.8. The molecule has 3 rings (SSSR count). The van der Waals surface area contributed by atoms with E-state index in [1.165, 1.54) is 4.90 Å². The van der Waals surface area contributed by atoms with Crippen LogP contribution in [0.25, 0.3) is 5.57 Å². The van der Waals surface area contributed by atoms with Gasteiger partial charge in [-0.2, -0.15) is 0 Å². The summed E-state index contributed by atoms with van der Waals surface area (Å²) in [7, 11) is 0. The summed E-state index contributed by atoms with van der Waals surface area (Å²) in [6, 6.07) is 13.2. The highest BCUT2D eigenvalue weighted by Crippen LogP contribution is 2.31. The van der Waals surface area contributed by atoms with Crippen LogP contribution in [0.3, 0.4) is 0 Å². The van der Waals surface area contributed by atoms with Crippen molar-refractivity contribution in [2.75, 3.05) is 25.1 Å². The van der Waals surface area contributed by atoms with Gasteiger partial charge in [-0.3, -0.25) is 14.5 Å². The van der Waals surface area contributed by atoms with Crippen molar-refractivity contribution in [3.05, 3.63) is 64.9 Å². The van der Waals surface area contributed by atoms with Crippen molar-refractivity contribution in [2.24, 2.45) is 0 Å². The Labute approximate surface area is 183 Å². The lowest BCUT2D eigenvalue weighted by atomic mass is 10.0. The van der Waals surface area contributed by atoms with Gasteiger partial charge < -0.3 is 14.8 Å². The molecule has 1 heterocycles. The number of ether oxygens (including phenoxy) is 2. The fourth-order valence-corrected chi connectivity index (χ4v) is 3.62. The highest BCUT2D eigenvalue weighted by Gasteiger charge is 2.39. The van der Waals surface area contributed by atoms with Gasteiger partial charge in [0.05, 0.1) is 31.4 Å². The summed E-state index contributed by atoms with van der Waals surface area (Å²) < 4.78 is 11.1. The number of nitrogens with zero attached hydrogens (tertiary/aromatic N) is 1. The molecule has 1 aliphatic rings. The number of rotatable bonds is 9. The lowest BCUT2D eigenvalue weighted by Crippen LogP contribution is -2.35. The van der Waals surface area contributed by atoms with Crippen LogP contribution in [0, 0.1) is 13.8 Å². The summed E-state index contributed by atoms with van der Waals surface area (Å²) in [6.07, 6.45) is 0.0270. The largest absolute Gasteiger partial charge is 0.494 e. The van der Waals surface area contributed by atoms with Crippen LogP contribution < -0.4 is 10.1 Å². The molecular weight excluding hydrogens is 392 g/mol. The lowest BCUT2D eigenvalue weighted by Gasteiger charge is -2.16. The molecule has 0 unspecified atom stereocenters. The SMILES string of the molecule is CCOc1ccc(C2=C(Nc3cc(C)cc(C)c3)C(=O)N(CCOC(C)C)C2=O)cc1. The summed E-state index contributed by atoms with van der Waals surface area (Å²) in [5.74, 6) is 0.0448. The second kappa shape index (κ2) is 9.79. The molecule has 0 radical (unpaired) electrons.